The summed E-state index contributed by atoms with van der Waals surface area (Å²) in [5, 5.41) is 9.98. The zero-order chi connectivity index (χ0) is 26.9. The summed E-state index contributed by atoms with van der Waals surface area (Å²) in [6.45, 7) is 19.8. The predicted molar refractivity (Wildman–Crippen MR) is 162 cm³/mol. The second kappa shape index (κ2) is 13.8. The van der Waals surface area contributed by atoms with Crippen molar-refractivity contribution in [1.29, 1.82) is 0 Å². The summed E-state index contributed by atoms with van der Waals surface area (Å²) in [7, 11) is 0. The molecule has 6 heteroatoms. The van der Waals surface area contributed by atoms with Crippen LogP contribution in [0.5, 0.6) is 0 Å². The lowest BCUT2D eigenvalue weighted by Crippen LogP contribution is -2.36. The normalized spacial score (nSPS) is 11.5. The minimum absolute atomic E-state index is 0.431. The summed E-state index contributed by atoms with van der Waals surface area (Å²) in [6, 6.07) is 18.3. The van der Waals surface area contributed by atoms with Gasteiger partial charge in [0.05, 0.1) is 0 Å². The van der Waals surface area contributed by atoms with Crippen LogP contribution in [0.25, 0.3) is 22.5 Å². The molecule has 0 aliphatic heterocycles. The van der Waals surface area contributed by atoms with Gasteiger partial charge in [0.1, 0.15) is 11.4 Å². The molecule has 3 aromatic rings. The van der Waals surface area contributed by atoms with Crippen LogP contribution < -0.4 is 9.80 Å². The van der Waals surface area contributed by atoms with E-state index in [0.717, 1.165) is 52.9 Å². The molecule has 3 rings (SSSR count). The van der Waals surface area contributed by atoms with E-state index in [1.54, 1.807) is 11.8 Å². The van der Waals surface area contributed by atoms with E-state index in [-0.39, 0.29) is 0 Å². The second-order valence-electron chi connectivity index (χ2n) is 10.5. The van der Waals surface area contributed by atoms with Gasteiger partial charge in [0.25, 0.3) is 0 Å². The molecule has 0 spiro atoms. The maximum atomic E-state index is 5.04. The topological polar surface area (TPSA) is 45.2 Å². The van der Waals surface area contributed by atoms with E-state index < -0.39 is 0 Å². The summed E-state index contributed by atoms with van der Waals surface area (Å²) in [4.78, 5) is 9.82. The van der Waals surface area contributed by atoms with Crippen LogP contribution in [0.1, 0.15) is 68.2 Å². The molecule has 0 unspecified atom stereocenters. The number of benzene rings is 2. The van der Waals surface area contributed by atoms with Gasteiger partial charge in [0, 0.05) is 53.4 Å². The molecule has 0 bridgehead atoms. The van der Waals surface area contributed by atoms with Gasteiger partial charge in [-0.25, -0.2) is 4.98 Å². The van der Waals surface area contributed by atoms with Crippen molar-refractivity contribution < 1.29 is 0 Å². The molecule has 0 aliphatic rings. The summed E-state index contributed by atoms with van der Waals surface area (Å²) in [5.41, 5.74) is 6.28. The van der Waals surface area contributed by atoms with Gasteiger partial charge < -0.3 is 9.80 Å². The highest BCUT2D eigenvalue weighted by atomic mass is 32.2. The number of anilines is 2. The van der Waals surface area contributed by atoms with Crippen LogP contribution in [0.4, 0.5) is 11.4 Å². The van der Waals surface area contributed by atoms with Gasteiger partial charge >= 0.3 is 0 Å². The van der Waals surface area contributed by atoms with E-state index in [9.17, 15) is 0 Å². The Labute approximate surface area is 229 Å². The van der Waals surface area contributed by atoms with Crippen molar-refractivity contribution in [2.75, 3.05) is 28.6 Å². The number of rotatable bonds is 13. The molecule has 0 aliphatic carbocycles. The van der Waals surface area contributed by atoms with Crippen LogP contribution in [0.3, 0.4) is 0 Å². The molecule has 0 saturated carbocycles. The number of hydrogen-bond acceptors (Lipinski definition) is 6. The molecule has 0 saturated heterocycles. The van der Waals surface area contributed by atoms with Crippen LogP contribution in [-0.2, 0) is 0 Å². The van der Waals surface area contributed by atoms with E-state index in [1.807, 2.05) is 0 Å². The molecule has 1 heterocycles. The summed E-state index contributed by atoms with van der Waals surface area (Å²) < 4.78 is 0. The lowest BCUT2D eigenvalue weighted by molar-refractivity contribution is 0.579. The van der Waals surface area contributed by atoms with Crippen molar-refractivity contribution in [3.63, 3.8) is 0 Å². The average Bonchev–Trinajstić information content (AvgIpc) is 2.88. The first-order chi connectivity index (χ1) is 17.7. The average molecular weight is 520 g/mol. The highest BCUT2D eigenvalue weighted by Gasteiger charge is 2.17. The monoisotopic (exact) mass is 519 g/mol. The number of nitrogens with zero attached hydrogens (tertiary/aromatic N) is 5. The van der Waals surface area contributed by atoms with Crippen molar-refractivity contribution >= 4 is 23.1 Å². The van der Waals surface area contributed by atoms with Crippen LogP contribution >= 0.6 is 11.8 Å². The molecule has 0 fully saturated rings. The van der Waals surface area contributed by atoms with Crippen molar-refractivity contribution in [2.45, 2.75) is 85.5 Å². The lowest BCUT2D eigenvalue weighted by Gasteiger charge is -2.33. The number of aromatic nitrogens is 3. The van der Waals surface area contributed by atoms with Gasteiger partial charge in [-0.2, -0.15) is 0 Å². The zero-order valence-electron chi connectivity index (χ0n) is 24.0. The first-order valence-corrected chi connectivity index (χ1v) is 14.8. The van der Waals surface area contributed by atoms with Crippen molar-refractivity contribution in [1.82, 2.24) is 15.2 Å². The lowest BCUT2D eigenvalue weighted by atomic mass is 10.0. The Kier molecular flexibility index (Phi) is 10.8. The van der Waals surface area contributed by atoms with E-state index in [4.69, 9.17) is 10.1 Å². The second-order valence-corrected chi connectivity index (χ2v) is 11.6. The molecule has 200 valence electrons. The molecule has 0 radical (unpaired) electrons. The quantitative estimate of drug-likeness (QED) is 0.167. The smallest absolute Gasteiger partial charge is 0.209 e. The Bertz CT molecular complexity index is 1080. The molecule has 37 heavy (non-hydrogen) atoms. The van der Waals surface area contributed by atoms with Gasteiger partial charge in [-0.1, -0.05) is 56.3 Å². The van der Waals surface area contributed by atoms with Crippen LogP contribution in [0, 0.1) is 5.92 Å². The maximum absolute atomic E-state index is 5.04. The Balaban J connectivity index is 1.98. The molecule has 0 amide bonds. The minimum Gasteiger partial charge on any atom is -0.372 e. The minimum atomic E-state index is 0.431. The molecule has 5 nitrogen and oxygen atoms in total. The highest BCUT2D eigenvalue weighted by molar-refractivity contribution is 7.99. The van der Waals surface area contributed by atoms with E-state index in [1.165, 1.54) is 17.8 Å². The molecule has 0 N–H and O–H groups in total. The summed E-state index contributed by atoms with van der Waals surface area (Å²) >= 11 is 1.70. The molecular formula is C31H45N5S. The summed E-state index contributed by atoms with van der Waals surface area (Å²) in [5.74, 6) is 1.72. The van der Waals surface area contributed by atoms with Gasteiger partial charge in [0.15, 0.2) is 0 Å². The van der Waals surface area contributed by atoms with Gasteiger partial charge in [-0.15, -0.1) is 10.2 Å². The Morgan fingerprint density at radius 1 is 0.703 bits per heavy atom. The maximum Gasteiger partial charge on any atom is 0.209 e. The fourth-order valence-electron chi connectivity index (χ4n) is 4.83. The fraction of sp³-hybridized carbons (Fsp3) is 0.516. The molecule has 1 aromatic heterocycles. The van der Waals surface area contributed by atoms with Crippen molar-refractivity contribution in [3.05, 3.63) is 48.5 Å². The summed E-state index contributed by atoms with van der Waals surface area (Å²) in [6.07, 6.45) is 2.37. The SMILES string of the molecule is CCN(CC)c1ccc(-c2nnc(SCCCC(C)C)nc2-c2ccc(N(C(C)C)C(C)C)cc2)cc1. The number of thioether (sulfide) groups is 1. The first-order valence-electron chi connectivity index (χ1n) is 13.9. The molecule has 0 atom stereocenters. The number of hydrogen-bond donors (Lipinski definition) is 0. The van der Waals surface area contributed by atoms with E-state index >= 15 is 0 Å². The van der Waals surface area contributed by atoms with Crippen LogP contribution in [-0.4, -0.2) is 46.1 Å². The predicted octanol–water partition coefficient (Wildman–Crippen LogP) is 8.20. The van der Waals surface area contributed by atoms with E-state index in [2.05, 4.69) is 119 Å². The van der Waals surface area contributed by atoms with Crippen LogP contribution in [0.2, 0.25) is 0 Å². The molecular weight excluding hydrogens is 474 g/mol. The van der Waals surface area contributed by atoms with Crippen molar-refractivity contribution in [3.8, 4) is 22.5 Å². The third-order valence-electron chi connectivity index (χ3n) is 6.65. The molecule has 2 aromatic carbocycles. The Morgan fingerprint density at radius 3 is 1.76 bits per heavy atom. The van der Waals surface area contributed by atoms with Gasteiger partial charge in [-0.3, -0.25) is 0 Å². The highest BCUT2D eigenvalue weighted by Crippen LogP contribution is 2.33. The van der Waals surface area contributed by atoms with Crippen molar-refractivity contribution in [2.24, 2.45) is 5.92 Å². The van der Waals surface area contributed by atoms with E-state index in [0.29, 0.717) is 18.0 Å². The Hall–Kier alpha value is -2.60. The largest absolute Gasteiger partial charge is 0.372 e. The Morgan fingerprint density at radius 2 is 1.24 bits per heavy atom. The fourth-order valence-corrected chi connectivity index (χ4v) is 5.57. The van der Waals surface area contributed by atoms with Gasteiger partial charge in [-0.05, 0) is 78.1 Å². The third kappa shape index (κ3) is 7.70. The zero-order valence-corrected chi connectivity index (χ0v) is 24.8. The standard InChI is InChI=1S/C31H45N5S/c1-9-35(10-2)27-17-13-26(14-18-27)30-29(32-31(34-33-30)37-21-11-12-22(3)4)25-15-19-28(20-16-25)36(23(5)6)24(7)8/h13-20,22-24H,9-12,21H2,1-8H3. The van der Waals surface area contributed by atoms with Crippen LogP contribution in [0.15, 0.2) is 53.7 Å². The van der Waals surface area contributed by atoms with Gasteiger partial charge in [0.2, 0.25) is 5.16 Å². The first kappa shape index (κ1) is 29.0. The third-order valence-corrected chi connectivity index (χ3v) is 7.57.